The number of hydrogen-bond acceptors (Lipinski definition) is 6. The number of thiophene rings is 1. The van der Waals surface area contributed by atoms with Crippen molar-refractivity contribution in [3.05, 3.63) is 45.7 Å². The van der Waals surface area contributed by atoms with Gasteiger partial charge in [0.1, 0.15) is 5.69 Å². The molecule has 0 spiro atoms. The fraction of sp³-hybridized carbons (Fsp3) is 0.200. The SMILES string of the molecule is CC(C)NC(=O)c1nn(-c2cnccc2F)c(=O)c2c(N)scc12. The molecule has 9 heteroatoms. The van der Waals surface area contributed by atoms with Crippen molar-refractivity contribution in [3.8, 4) is 5.69 Å². The predicted molar refractivity (Wildman–Crippen MR) is 90.0 cm³/mol. The quantitative estimate of drug-likeness (QED) is 0.751. The van der Waals surface area contributed by atoms with E-state index in [2.05, 4.69) is 15.4 Å². The molecule has 1 amide bonds. The fourth-order valence-corrected chi connectivity index (χ4v) is 3.05. The van der Waals surface area contributed by atoms with E-state index in [0.717, 1.165) is 22.1 Å². The Hall–Kier alpha value is -2.81. The van der Waals surface area contributed by atoms with Crippen molar-refractivity contribution < 1.29 is 9.18 Å². The second-order valence-electron chi connectivity index (χ2n) is 5.41. The van der Waals surface area contributed by atoms with Gasteiger partial charge in [-0.1, -0.05) is 0 Å². The van der Waals surface area contributed by atoms with Gasteiger partial charge >= 0.3 is 0 Å². The van der Waals surface area contributed by atoms with Crippen LogP contribution in [0.2, 0.25) is 0 Å². The third-order valence-electron chi connectivity index (χ3n) is 3.29. The summed E-state index contributed by atoms with van der Waals surface area (Å²) in [5, 5.41) is 9.11. The Labute approximate surface area is 139 Å². The summed E-state index contributed by atoms with van der Waals surface area (Å²) < 4.78 is 14.9. The lowest BCUT2D eigenvalue weighted by molar-refractivity contribution is 0.0938. The van der Waals surface area contributed by atoms with Gasteiger partial charge in [0.25, 0.3) is 11.5 Å². The van der Waals surface area contributed by atoms with E-state index in [1.54, 1.807) is 19.2 Å². The first kappa shape index (κ1) is 16.1. The normalized spacial score (nSPS) is 11.2. The Morgan fingerprint density at radius 2 is 2.21 bits per heavy atom. The van der Waals surface area contributed by atoms with Crippen LogP contribution in [-0.2, 0) is 0 Å². The van der Waals surface area contributed by atoms with Crippen LogP contribution >= 0.6 is 11.3 Å². The van der Waals surface area contributed by atoms with Gasteiger partial charge in [0.2, 0.25) is 0 Å². The van der Waals surface area contributed by atoms with E-state index in [1.165, 1.54) is 12.4 Å². The average molecular weight is 347 g/mol. The van der Waals surface area contributed by atoms with Crippen LogP contribution in [0.1, 0.15) is 24.3 Å². The topological polar surface area (TPSA) is 103 Å². The molecule has 3 rings (SSSR count). The first-order valence-electron chi connectivity index (χ1n) is 7.11. The monoisotopic (exact) mass is 347 g/mol. The van der Waals surface area contributed by atoms with Gasteiger partial charge in [0, 0.05) is 23.0 Å². The van der Waals surface area contributed by atoms with E-state index in [1.807, 2.05) is 0 Å². The lowest BCUT2D eigenvalue weighted by Crippen LogP contribution is -2.33. The summed E-state index contributed by atoms with van der Waals surface area (Å²) in [6.07, 6.45) is 2.43. The Morgan fingerprint density at radius 3 is 2.88 bits per heavy atom. The van der Waals surface area contributed by atoms with Crippen LogP contribution in [0.5, 0.6) is 0 Å². The van der Waals surface area contributed by atoms with Gasteiger partial charge < -0.3 is 11.1 Å². The van der Waals surface area contributed by atoms with Gasteiger partial charge in [0.05, 0.1) is 16.6 Å². The number of nitrogens with zero attached hydrogens (tertiary/aromatic N) is 3. The van der Waals surface area contributed by atoms with Gasteiger partial charge in [-0.15, -0.1) is 11.3 Å². The summed E-state index contributed by atoms with van der Waals surface area (Å²) in [4.78, 5) is 28.9. The van der Waals surface area contributed by atoms with Crippen LogP contribution in [0.4, 0.5) is 9.39 Å². The zero-order valence-electron chi connectivity index (χ0n) is 12.9. The average Bonchev–Trinajstić information content (AvgIpc) is 2.90. The lowest BCUT2D eigenvalue weighted by Gasteiger charge is -2.11. The summed E-state index contributed by atoms with van der Waals surface area (Å²) >= 11 is 1.13. The van der Waals surface area contributed by atoms with Crippen LogP contribution in [-0.4, -0.2) is 26.7 Å². The van der Waals surface area contributed by atoms with Gasteiger partial charge in [0.15, 0.2) is 11.5 Å². The van der Waals surface area contributed by atoms with Gasteiger partial charge in [-0.2, -0.15) is 9.78 Å². The molecule has 0 aliphatic rings. The number of aromatic nitrogens is 3. The zero-order chi connectivity index (χ0) is 17.4. The van der Waals surface area contributed by atoms with Crippen molar-refractivity contribution in [2.45, 2.75) is 19.9 Å². The number of fused-ring (bicyclic) bond motifs is 1. The van der Waals surface area contributed by atoms with E-state index in [-0.39, 0.29) is 27.8 Å². The number of amides is 1. The van der Waals surface area contributed by atoms with E-state index < -0.39 is 17.3 Å². The number of carbonyl (C=O) groups excluding carboxylic acids is 1. The second-order valence-corrected chi connectivity index (χ2v) is 6.32. The molecule has 124 valence electrons. The third-order valence-corrected chi connectivity index (χ3v) is 4.10. The Kier molecular flexibility index (Phi) is 4.02. The van der Waals surface area contributed by atoms with E-state index in [0.29, 0.717) is 5.39 Å². The number of pyridine rings is 1. The maximum absolute atomic E-state index is 14.1. The maximum atomic E-state index is 14.1. The van der Waals surface area contributed by atoms with Crippen LogP contribution in [0.25, 0.3) is 16.5 Å². The fourth-order valence-electron chi connectivity index (χ4n) is 2.26. The molecule has 0 radical (unpaired) electrons. The van der Waals surface area contributed by atoms with Crippen LogP contribution in [0, 0.1) is 5.82 Å². The molecule has 0 fully saturated rings. The van der Waals surface area contributed by atoms with Crippen molar-refractivity contribution in [2.75, 3.05) is 5.73 Å². The number of halogens is 1. The number of rotatable bonds is 3. The number of nitrogens with one attached hydrogen (secondary N) is 1. The highest BCUT2D eigenvalue weighted by Crippen LogP contribution is 2.27. The zero-order valence-corrected chi connectivity index (χ0v) is 13.7. The molecule has 0 unspecified atom stereocenters. The highest BCUT2D eigenvalue weighted by molar-refractivity contribution is 7.15. The van der Waals surface area contributed by atoms with Crippen molar-refractivity contribution in [1.29, 1.82) is 0 Å². The minimum Gasteiger partial charge on any atom is -0.390 e. The molecule has 3 N–H and O–H groups in total. The Bertz CT molecular complexity index is 995. The molecule has 0 aromatic carbocycles. The summed E-state index contributed by atoms with van der Waals surface area (Å²) in [5.41, 5.74) is 5.13. The highest BCUT2D eigenvalue weighted by atomic mass is 32.1. The number of carbonyl (C=O) groups is 1. The molecule has 3 aromatic heterocycles. The molecule has 3 heterocycles. The Balaban J connectivity index is 2.34. The van der Waals surface area contributed by atoms with Gasteiger partial charge in [-0.3, -0.25) is 14.6 Å². The molecule has 0 bridgehead atoms. The molecular weight excluding hydrogens is 333 g/mol. The molecule has 3 aromatic rings. The number of nitrogens with two attached hydrogens (primary N) is 1. The summed E-state index contributed by atoms with van der Waals surface area (Å²) in [7, 11) is 0. The molecular formula is C15H14FN5O2S. The van der Waals surface area contributed by atoms with Crippen LogP contribution < -0.4 is 16.6 Å². The largest absolute Gasteiger partial charge is 0.390 e. The lowest BCUT2D eigenvalue weighted by atomic mass is 10.2. The van der Waals surface area contributed by atoms with Crippen molar-refractivity contribution in [3.63, 3.8) is 0 Å². The van der Waals surface area contributed by atoms with E-state index in [9.17, 15) is 14.0 Å². The minimum absolute atomic E-state index is 0.00880. The van der Waals surface area contributed by atoms with Crippen molar-refractivity contribution >= 4 is 33.0 Å². The number of nitrogen functional groups attached to an aromatic ring is 1. The van der Waals surface area contributed by atoms with Crippen molar-refractivity contribution in [1.82, 2.24) is 20.1 Å². The van der Waals surface area contributed by atoms with E-state index in [4.69, 9.17) is 5.73 Å². The predicted octanol–water partition coefficient (Wildman–Crippen LogP) is 1.70. The molecule has 0 saturated heterocycles. The maximum Gasteiger partial charge on any atom is 0.282 e. The van der Waals surface area contributed by atoms with Gasteiger partial charge in [-0.25, -0.2) is 4.39 Å². The van der Waals surface area contributed by atoms with Crippen LogP contribution in [0.3, 0.4) is 0 Å². The minimum atomic E-state index is -0.678. The van der Waals surface area contributed by atoms with E-state index >= 15 is 0 Å². The second kappa shape index (κ2) is 6.00. The summed E-state index contributed by atoms with van der Waals surface area (Å²) in [6, 6.07) is 0.985. The molecule has 24 heavy (non-hydrogen) atoms. The Morgan fingerprint density at radius 1 is 1.46 bits per heavy atom. The standard InChI is InChI=1S/C15H14FN5O2S/c1-7(2)19-14(22)12-8-6-24-13(17)11(8)15(23)21(20-12)10-5-18-4-3-9(10)16/h3-7H,17H2,1-2H3,(H,19,22). The molecule has 0 atom stereocenters. The third kappa shape index (κ3) is 2.62. The highest BCUT2D eigenvalue weighted by Gasteiger charge is 2.22. The smallest absolute Gasteiger partial charge is 0.282 e. The first-order chi connectivity index (χ1) is 11.4. The summed E-state index contributed by atoms with van der Waals surface area (Å²) in [5.74, 6) is -1.14. The number of anilines is 1. The van der Waals surface area contributed by atoms with Gasteiger partial charge in [-0.05, 0) is 19.9 Å². The van der Waals surface area contributed by atoms with Crippen molar-refractivity contribution in [2.24, 2.45) is 0 Å². The molecule has 0 saturated carbocycles. The van der Waals surface area contributed by atoms with Crippen LogP contribution in [0.15, 0.2) is 28.6 Å². The summed E-state index contributed by atoms with van der Waals surface area (Å²) in [6.45, 7) is 3.60. The molecule has 0 aliphatic carbocycles. The first-order valence-corrected chi connectivity index (χ1v) is 7.99. The molecule has 7 nitrogen and oxygen atoms in total. The molecule has 0 aliphatic heterocycles. The number of hydrogen-bond donors (Lipinski definition) is 2.